The van der Waals surface area contributed by atoms with Gasteiger partial charge in [-0.15, -0.1) is 0 Å². The number of hydrogen-bond donors (Lipinski definition) is 0. The Labute approximate surface area is 72.4 Å². The summed E-state index contributed by atoms with van der Waals surface area (Å²) in [5, 5.41) is 0. The van der Waals surface area contributed by atoms with Gasteiger partial charge in [-0.3, -0.25) is 4.79 Å². The third kappa shape index (κ3) is 2.86. The van der Waals surface area contributed by atoms with Crippen molar-refractivity contribution in [3.05, 3.63) is 12.7 Å². The second kappa shape index (κ2) is 4.04. The van der Waals surface area contributed by atoms with E-state index >= 15 is 0 Å². The molecule has 0 aromatic carbocycles. The van der Waals surface area contributed by atoms with Crippen LogP contribution in [0, 0.1) is 5.41 Å². The Morgan fingerprint density at radius 1 is 1.50 bits per heavy atom. The van der Waals surface area contributed by atoms with Crippen LogP contribution in [-0.4, -0.2) is 11.9 Å². The predicted octanol–water partition coefficient (Wildman–Crippen LogP) is 1.68. The molecule has 0 saturated carbocycles. The average molecular weight is 170 g/mol. The van der Waals surface area contributed by atoms with Gasteiger partial charge in [0.25, 0.3) is 0 Å². The standard InChI is InChI=1S/C9H14O3/c1-5-7(10)12-8(11)9(3,4)6-2/h5H,1,6H2,2-4H3. The van der Waals surface area contributed by atoms with Crippen molar-refractivity contribution in [3.8, 4) is 0 Å². The number of ether oxygens (including phenoxy) is 1. The van der Waals surface area contributed by atoms with Crippen molar-refractivity contribution in [2.24, 2.45) is 5.41 Å². The molecule has 0 aromatic heterocycles. The van der Waals surface area contributed by atoms with Crippen LogP contribution < -0.4 is 0 Å². The summed E-state index contributed by atoms with van der Waals surface area (Å²) in [6, 6.07) is 0. The molecule has 0 saturated heterocycles. The van der Waals surface area contributed by atoms with Crippen LogP contribution in [0.4, 0.5) is 0 Å². The minimum atomic E-state index is -0.693. The second-order valence-electron chi connectivity index (χ2n) is 3.15. The van der Waals surface area contributed by atoms with Crippen molar-refractivity contribution in [2.75, 3.05) is 0 Å². The lowest BCUT2D eigenvalue weighted by atomic mass is 9.91. The zero-order valence-corrected chi connectivity index (χ0v) is 7.72. The molecule has 0 aliphatic carbocycles. The molecule has 0 spiro atoms. The van der Waals surface area contributed by atoms with Gasteiger partial charge in [0.2, 0.25) is 0 Å². The van der Waals surface area contributed by atoms with Gasteiger partial charge >= 0.3 is 11.9 Å². The maximum atomic E-state index is 11.2. The molecule has 0 N–H and O–H groups in total. The zero-order valence-electron chi connectivity index (χ0n) is 7.72. The fraction of sp³-hybridized carbons (Fsp3) is 0.556. The Hall–Kier alpha value is -1.12. The first-order chi connectivity index (χ1) is 5.44. The third-order valence-electron chi connectivity index (χ3n) is 1.80. The summed E-state index contributed by atoms with van der Waals surface area (Å²) in [6.07, 6.45) is 1.61. The van der Waals surface area contributed by atoms with Gasteiger partial charge in [-0.05, 0) is 20.3 Å². The van der Waals surface area contributed by atoms with Gasteiger partial charge in [0, 0.05) is 6.08 Å². The molecule has 3 heteroatoms. The topological polar surface area (TPSA) is 43.4 Å². The van der Waals surface area contributed by atoms with Gasteiger partial charge in [0.05, 0.1) is 5.41 Å². The van der Waals surface area contributed by atoms with E-state index in [1.807, 2.05) is 6.92 Å². The predicted molar refractivity (Wildman–Crippen MR) is 45.4 cm³/mol. The first kappa shape index (κ1) is 10.9. The van der Waals surface area contributed by atoms with Crippen molar-refractivity contribution >= 4 is 11.9 Å². The van der Waals surface area contributed by atoms with E-state index in [4.69, 9.17) is 0 Å². The molecule has 0 unspecified atom stereocenters. The molecule has 0 aliphatic heterocycles. The number of rotatable bonds is 3. The van der Waals surface area contributed by atoms with Crippen LogP contribution >= 0.6 is 0 Å². The second-order valence-corrected chi connectivity index (χ2v) is 3.15. The molecule has 0 aliphatic rings. The third-order valence-corrected chi connectivity index (χ3v) is 1.80. The minimum absolute atomic E-state index is 0.505. The van der Waals surface area contributed by atoms with E-state index in [1.165, 1.54) is 0 Å². The van der Waals surface area contributed by atoms with Gasteiger partial charge in [0.1, 0.15) is 0 Å². The first-order valence-corrected chi connectivity index (χ1v) is 3.82. The molecule has 0 fully saturated rings. The summed E-state index contributed by atoms with van der Waals surface area (Å²) in [5.74, 6) is -1.20. The molecule has 0 atom stereocenters. The van der Waals surface area contributed by atoms with E-state index in [0.717, 1.165) is 6.08 Å². The molecule has 0 radical (unpaired) electrons. The molecule has 12 heavy (non-hydrogen) atoms. The lowest BCUT2D eigenvalue weighted by Crippen LogP contribution is -2.27. The summed E-state index contributed by atoms with van der Waals surface area (Å²) >= 11 is 0. The van der Waals surface area contributed by atoms with Gasteiger partial charge in [0.15, 0.2) is 0 Å². The maximum Gasteiger partial charge on any atom is 0.337 e. The Bertz CT molecular complexity index is 204. The minimum Gasteiger partial charge on any atom is -0.389 e. The molecular weight excluding hydrogens is 156 g/mol. The molecule has 0 rings (SSSR count). The lowest BCUT2D eigenvalue weighted by Gasteiger charge is -2.18. The van der Waals surface area contributed by atoms with E-state index in [-0.39, 0.29) is 0 Å². The van der Waals surface area contributed by atoms with Crippen LogP contribution in [0.1, 0.15) is 27.2 Å². The summed E-state index contributed by atoms with van der Waals surface area (Å²) in [5.41, 5.74) is -0.599. The number of esters is 2. The van der Waals surface area contributed by atoms with Crippen LogP contribution in [0.3, 0.4) is 0 Å². The van der Waals surface area contributed by atoms with Crippen molar-refractivity contribution in [1.29, 1.82) is 0 Å². The van der Waals surface area contributed by atoms with Crippen molar-refractivity contribution in [1.82, 2.24) is 0 Å². The molecule has 68 valence electrons. The molecule has 0 amide bonds. The van der Waals surface area contributed by atoms with Crippen LogP contribution in [0.2, 0.25) is 0 Å². The highest BCUT2D eigenvalue weighted by Crippen LogP contribution is 2.21. The highest BCUT2D eigenvalue weighted by Gasteiger charge is 2.28. The summed E-state index contributed by atoms with van der Waals surface area (Å²) in [4.78, 5) is 21.8. The fourth-order valence-electron chi connectivity index (χ4n) is 0.416. The number of carbonyl (C=O) groups is 2. The van der Waals surface area contributed by atoms with Crippen molar-refractivity contribution in [3.63, 3.8) is 0 Å². The molecule has 0 heterocycles. The Morgan fingerprint density at radius 3 is 2.33 bits per heavy atom. The van der Waals surface area contributed by atoms with E-state index in [2.05, 4.69) is 11.3 Å². The number of carbonyl (C=O) groups excluding carboxylic acids is 2. The largest absolute Gasteiger partial charge is 0.389 e. The van der Waals surface area contributed by atoms with E-state index in [9.17, 15) is 9.59 Å². The molecular formula is C9H14O3. The van der Waals surface area contributed by atoms with Gasteiger partial charge < -0.3 is 4.74 Å². The van der Waals surface area contributed by atoms with Crippen LogP contribution in [0.25, 0.3) is 0 Å². The Balaban J connectivity index is 4.22. The van der Waals surface area contributed by atoms with Gasteiger partial charge in [-0.2, -0.15) is 0 Å². The summed E-state index contributed by atoms with van der Waals surface area (Å²) in [7, 11) is 0. The normalized spacial score (nSPS) is 10.6. The SMILES string of the molecule is C=CC(=O)OC(=O)C(C)(C)CC. The first-order valence-electron chi connectivity index (χ1n) is 3.82. The van der Waals surface area contributed by atoms with Crippen LogP contribution in [-0.2, 0) is 14.3 Å². The van der Waals surface area contributed by atoms with E-state index < -0.39 is 17.4 Å². The lowest BCUT2D eigenvalue weighted by molar-refractivity contribution is -0.163. The molecule has 0 bridgehead atoms. The van der Waals surface area contributed by atoms with E-state index in [0.29, 0.717) is 6.42 Å². The highest BCUT2D eigenvalue weighted by molar-refractivity contribution is 5.93. The fourth-order valence-corrected chi connectivity index (χ4v) is 0.416. The summed E-state index contributed by atoms with van der Waals surface area (Å²) in [6.45, 7) is 8.51. The van der Waals surface area contributed by atoms with Crippen molar-refractivity contribution in [2.45, 2.75) is 27.2 Å². The number of hydrogen-bond acceptors (Lipinski definition) is 3. The van der Waals surface area contributed by atoms with Crippen molar-refractivity contribution < 1.29 is 14.3 Å². The summed E-state index contributed by atoms with van der Waals surface area (Å²) < 4.78 is 4.46. The Kier molecular flexibility index (Phi) is 3.67. The average Bonchev–Trinajstić information content (AvgIpc) is 2.04. The van der Waals surface area contributed by atoms with Gasteiger partial charge in [-0.25, -0.2) is 4.79 Å². The van der Waals surface area contributed by atoms with Crippen LogP contribution in [0.5, 0.6) is 0 Å². The monoisotopic (exact) mass is 170 g/mol. The highest BCUT2D eigenvalue weighted by atomic mass is 16.6. The molecule has 3 nitrogen and oxygen atoms in total. The molecule has 0 aromatic rings. The van der Waals surface area contributed by atoms with Crippen LogP contribution in [0.15, 0.2) is 12.7 Å². The van der Waals surface area contributed by atoms with Gasteiger partial charge in [-0.1, -0.05) is 13.5 Å². The van der Waals surface area contributed by atoms with E-state index in [1.54, 1.807) is 13.8 Å². The maximum absolute atomic E-state index is 11.2. The Morgan fingerprint density at radius 2 is 2.00 bits per heavy atom. The quantitative estimate of drug-likeness (QED) is 0.367. The zero-order chi connectivity index (χ0) is 9.78. The smallest absolute Gasteiger partial charge is 0.337 e.